The zero-order valence-electron chi connectivity index (χ0n) is 14.1. The van der Waals surface area contributed by atoms with Gasteiger partial charge in [0.05, 0.1) is 5.92 Å². The van der Waals surface area contributed by atoms with Crippen molar-refractivity contribution in [2.75, 3.05) is 0 Å². The number of carboxylic acid groups (broad SMARTS) is 1. The van der Waals surface area contributed by atoms with E-state index in [0.29, 0.717) is 29.6 Å². The third kappa shape index (κ3) is 1.94. The van der Waals surface area contributed by atoms with Crippen molar-refractivity contribution in [2.24, 2.45) is 34.5 Å². The molecule has 126 valence electrons. The summed E-state index contributed by atoms with van der Waals surface area (Å²) in [4.78, 5) is 23.7. The molecule has 4 aliphatic carbocycles. The number of hydrogen-bond acceptors (Lipinski definition) is 2. The summed E-state index contributed by atoms with van der Waals surface area (Å²) in [6, 6.07) is 0. The van der Waals surface area contributed by atoms with Crippen LogP contribution < -0.4 is 0 Å². The third-order valence-corrected chi connectivity index (χ3v) is 8.13. The normalized spacial score (nSPS) is 48.7. The van der Waals surface area contributed by atoms with Gasteiger partial charge in [-0.2, -0.15) is 0 Å². The van der Waals surface area contributed by atoms with Crippen LogP contribution in [0.3, 0.4) is 0 Å². The fraction of sp³-hybridized carbons (Fsp3) is 0.800. The van der Waals surface area contributed by atoms with Crippen molar-refractivity contribution in [1.29, 1.82) is 0 Å². The van der Waals surface area contributed by atoms with Gasteiger partial charge in [-0.25, -0.2) is 0 Å². The minimum Gasteiger partial charge on any atom is -0.481 e. The molecule has 3 heteroatoms. The Hall–Kier alpha value is -1.12. The highest BCUT2D eigenvalue weighted by atomic mass is 16.4. The third-order valence-electron chi connectivity index (χ3n) is 8.13. The van der Waals surface area contributed by atoms with Crippen molar-refractivity contribution in [3.63, 3.8) is 0 Å². The average Bonchev–Trinajstić information content (AvgIpc) is 2.94. The largest absolute Gasteiger partial charge is 0.481 e. The molecule has 0 aliphatic heterocycles. The predicted octanol–water partition coefficient (Wildman–Crippen LogP) is 4.22. The SMILES string of the molecule is C[C@]12CCCC=C1CC[C@H]1[C@@H]3CC[C@H](C(=O)O)[C@@]3(C=O)CC[C@@H]12. The summed E-state index contributed by atoms with van der Waals surface area (Å²) >= 11 is 0. The second kappa shape index (κ2) is 5.19. The van der Waals surface area contributed by atoms with E-state index in [-0.39, 0.29) is 0 Å². The number of rotatable bonds is 2. The molecule has 4 aliphatic rings. The lowest BCUT2D eigenvalue weighted by atomic mass is 9.47. The zero-order chi connectivity index (χ0) is 16.2. The molecule has 0 aromatic rings. The summed E-state index contributed by atoms with van der Waals surface area (Å²) in [5, 5.41) is 9.61. The van der Waals surface area contributed by atoms with E-state index >= 15 is 0 Å². The molecule has 23 heavy (non-hydrogen) atoms. The molecule has 4 rings (SSSR count). The molecule has 0 saturated heterocycles. The van der Waals surface area contributed by atoms with Gasteiger partial charge in [0.15, 0.2) is 0 Å². The van der Waals surface area contributed by atoms with E-state index < -0.39 is 17.3 Å². The van der Waals surface area contributed by atoms with Gasteiger partial charge in [0.2, 0.25) is 0 Å². The molecule has 0 bridgehead atoms. The molecular formula is C20H28O3. The molecule has 6 atom stereocenters. The molecule has 0 radical (unpaired) electrons. The number of aldehydes is 1. The number of hydrogen-bond donors (Lipinski definition) is 1. The lowest BCUT2D eigenvalue weighted by Crippen LogP contribution is -2.52. The summed E-state index contributed by atoms with van der Waals surface area (Å²) in [5.74, 6) is 0.326. The second-order valence-electron chi connectivity index (χ2n) is 8.69. The topological polar surface area (TPSA) is 54.4 Å². The van der Waals surface area contributed by atoms with Crippen molar-refractivity contribution in [2.45, 2.75) is 64.7 Å². The van der Waals surface area contributed by atoms with Crippen LogP contribution in [0.5, 0.6) is 0 Å². The Kier molecular flexibility index (Phi) is 3.48. The lowest BCUT2D eigenvalue weighted by Gasteiger charge is -2.57. The standard InChI is InChI=1S/C20H28O3/c1-19-10-3-2-4-13(19)5-6-14-15(19)9-11-20(12-21)16(14)7-8-17(20)18(22)23/h4,12,14-17H,2-3,5-11H2,1H3,(H,22,23)/t14-,15+,16+,17-,19+,20-/m1/s1. The zero-order valence-corrected chi connectivity index (χ0v) is 14.1. The Morgan fingerprint density at radius 2 is 2.04 bits per heavy atom. The highest BCUT2D eigenvalue weighted by Crippen LogP contribution is 2.66. The van der Waals surface area contributed by atoms with Crippen molar-refractivity contribution in [3.8, 4) is 0 Å². The van der Waals surface area contributed by atoms with Gasteiger partial charge in [0, 0.05) is 5.41 Å². The van der Waals surface area contributed by atoms with Gasteiger partial charge in [0.25, 0.3) is 0 Å². The van der Waals surface area contributed by atoms with Crippen LogP contribution in [0.15, 0.2) is 11.6 Å². The van der Waals surface area contributed by atoms with Crippen LogP contribution in [0, 0.1) is 34.5 Å². The number of fused-ring (bicyclic) bond motifs is 5. The van der Waals surface area contributed by atoms with Crippen LogP contribution in [-0.4, -0.2) is 17.4 Å². The van der Waals surface area contributed by atoms with Crippen LogP contribution >= 0.6 is 0 Å². The number of carboxylic acids is 1. The van der Waals surface area contributed by atoms with Gasteiger partial charge in [-0.1, -0.05) is 18.6 Å². The van der Waals surface area contributed by atoms with Crippen LogP contribution in [0.4, 0.5) is 0 Å². The van der Waals surface area contributed by atoms with Crippen LogP contribution in [-0.2, 0) is 9.59 Å². The Bertz CT molecular complexity index is 565. The van der Waals surface area contributed by atoms with Crippen molar-refractivity contribution >= 4 is 12.3 Å². The first kappa shape index (κ1) is 15.4. The summed E-state index contributed by atoms with van der Waals surface area (Å²) in [7, 11) is 0. The molecule has 3 nitrogen and oxygen atoms in total. The highest BCUT2D eigenvalue weighted by molar-refractivity contribution is 5.78. The number of carbonyl (C=O) groups is 2. The van der Waals surface area contributed by atoms with E-state index in [1.165, 1.54) is 32.1 Å². The minimum atomic E-state index is -0.752. The molecule has 0 spiro atoms. The fourth-order valence-corrected chi connectivity index (χ4v) is 7.06. The van der Waals surface area contributed by atoms with Crippen molar-refractivity contribution in [3.05, 3.63) is 11.6 Å². The monoisotopic (exact) mass is 316 g/mol. The van der Waals surface area contributed by atoms with Gasteiger partial charge < -0.3 is 9.90 Å². The van der Waals surface area contributed by atoms with Crippen molar-refractivity contribution < 1.29 is 14.7 Å². The van der Waals surface area contributed by atoms with Crippen molar-refractivity contribution in [1.82, 2.24) is 0 Å². The Balaban J connectivity index is 1.70. The molecule has 0 unspecified atom stereocenters. The molecule has 0 heterocycles. The molecule has 0 aromatic heterocycles. The van der Waals surface area contributed by atoms with Gasteiger partial charge in [-0.3, -0.25) is 4.79 Å². The smallest absolute Gasteiger partial charge is 0.307 e. The Labute approximate surface area is 138 Å². The van der Waals surface area contributed by atoms with Crippen LogP contribution in [0.25, 0.3) is 0 Å². The fourth-order valence-electron chi connectivity index (χ4n) is 7.06. The van der Waals surface area contributed by atoms with Crippen LogP contribution in [0.1, 0.15) is 64.7 Å². The first-order chi connectivity index (χ1) is 11.0. The quantitative estimate of drug-likeness (QED) is 0.613. The van der Waals surface area contributed by atoms with E-state index in [4.69, 9.17) is 0 Å². The number of allylic oxidation sites excluding steroid dienone is 2. The van der Waals surface area contributed by atoms with Gasteiger partial charge >= 0.3 is 5.97 Å². The summed E-state index contributed by atoms with van der Waals surface area (Å²) in [5.41, 5.74) is 1.41. The summed E-state index contributed by atoms with van der Waals surface area (Å²) in [6.45, 7) is 2.45. The summed E-state index contributed by atoms with van der Waals surface area (Å²) < 4.78 is 0. The van der Waals surface area contributed by atoms with E-state index in [1.807, 2.05) is 0 Å². The van der Waals surface area contributed by atoms with E-state index in [0.717, 1.165) is 25.5 Å². The van der Waals surface area contributed by atoms with Crippen LogP contribution in [0.2, 0.25) is 0 Å². The molecule has 3 saturated carbocycles. The molecule has 0 amide bonds. The molecule has 3 fully saturated rings. The number of carbonyl (C=O) groups excluding carboxylic acids is 1. The van der Waals surface area contributed by atoms with Gasteiger partial charge in [-0.05, 0) is 81.0 Å². The predicted molar refractivity (Wildman–Crippen MR) is 87.8 cm³/mol. The number of aliphatic carboxylic acids is 1. The van der Waals surface area contributed by atoms with Gasteiger partial charge in [-0.15, -0.1) is 0 Å². The average molecular weight is 316 g/mol. The lowest BCUT2D eigenvalue weighted by molar-refractivity contribution is -0.154. The van der Waals surface area contributed by atoms with E-state index in [2.05, 4.69) is 13.0 Å². The maximum absolute atomic E-state index is 12.0. The first-order valence-electron chi connectivity index (χ1n) is 9.41. The Morgan fingerprint density at radius 3 is 2.78 bits per heavy atom. The maximum atomic E-state index is 12.0. The maximum Gasteiger partial charge on any atom is 0.307 e. The van der Waals surface area contributed by atoms with Gasteiger partial charge in [0.1, 0.15) is 6.29 Å². The highest BCUT2D eigenvalue weighted by Gasteiger charge is 2.62. The van der Waals surface area contributed by atoms with E-state index in [1.54, 1.807) is 5.57 Å². The first-order valence-corrected chi connectivity index (χ1v) is 9.41. The second-order valence-corrected chi connectivity index (χ2v) is 8.69. The summed E-state index contributed by atoms with van der Waals surface area (Å²) in [6.07, 6.45) is 13.1. The Morgan fingerprint density at radius 1 is 1.22 bits per heavy atom. The molecule has 1 N–H and O–H groups in total. The van der Waals surface area contributed by atoms with E-state index in [9.17, 15) is 14.7 Å². The minimum absolute atomic E-state index is 0.306. The molecular weight excluding hydrogens is 288 g/mol. The molecule has 0 aromatic carbocycles.